The van der Waals surface area contributed by atoms with Gasteiger partial charge in [0, 0.05) is 37.1 Å². The number of morpholine rings is 1. The molecule has 3 aromatic rings. The van der Waals surface area contributed by atoms with Gasteiger partial charge in [-0.3, -0.25) is 9.48 Å². The van der Waals surface area contributed by atoms with Crippen molar-refractivity contribution < 1.29 is 14.3 Å². The fourth-order valence-electron chi connectivity index (χ4n) is 3.91. The Bertz CT molecular complexity index is 1040. The summed E-state index contributed by atoms with van der Waals surface area (Å²) >= 11 is 0. The highest BCUT2D eigenvalue weighted by Crippen LogP contribution is 2.32. The van der Waals surface area contributed by atoms with Crippen LogP contribution in [0.5, 0.6) is 5.75 Å². The van der Waals surface area contributed by atoms with Crippen molar-refractivity contribution in [2.24, 2.45) is 7.05 Å². The predicted octanol–water partition coefficient (Wildman–Crippen LogP) is 2.44. The molecular weight excluding hydrogens is 370 g/mol. The summed E-state index contributed by atoms with van der Waals surface area (Å²) in [6.07, 6.45) is 3.35. The number of nitrogens with zero attached hydrogens (tertiary/aromatic N) is 5. The van der Waals surface area contributed by atoms with E-state index in [1.807, 2.05) is 47.7 Å². The third-order valence-electron chi connectivity index (χ3n) is 5.32. The number of rotatable bonds is 4. The summed E-state index contributed by atoms with van der Waals surface area (Å²) in [5.74, 6) is 0.727. The van der Waals surface area contributed by atoms with Gasteiger partial charge in [-0.25, -0.2) is 4.68 Å². The molecule has 1 aliphatic rings. The Morgan fingerprint density at radius 1 is 1.31 bits per heavy atom. The molecule has 0 saturated carbocycles. The zero-order valence-electron chi connectivity index (χ0n) is 17.1. The van der Waals surface area contributed by atoms with E-state index in [1.165, 1.54) is 0 Å². The zero-order valence-corrected chi connectivity index (χ0v) is 17.1. The Labute approximate surface area is 169 Å². The number of hydrogen-bond donors (Lipinski definition) is 0. The lowest BCUT2D eigenvalue weighted by atomic mass is 10.0. The standard InChI is InChI=1S/C21H25N5O3/c1-14-20(15(2)26(23-14)17-6-5-7-18(10-17)28-4)19-13-29-9-8-25(19)21(27)16-11-22-24(3)12-16/h5-7,10-12,19H,8-9,13H2,1-4H3/t19-/m1/s1. The summed E-state index contributed by atoms with van der Waals surface area (Å²) < 4.78 is 14.6. The summed E-state index contributed by atoms with van der Waals surface area (Å²) in [6, 6.07) is 7.57. The summed E-state index contributed by atoms with van der Waals surface area (Å²) in [5.41, 5.74) is 4.37. The van der Waals surface area contributed by atoms with Crippen molar-refractivity contribution in [3.8, 4) is 11.4 Å². The lowest BCUT2D eigenvalue weighted by molar-refractivity contribution is -0.00304. The normalized spacial score (nSPS) is 16.8. The third-order valence-corrected chi connectivity index (χ3v) is 5.32. The number of methoxy groups -OCH3 is 1. The first-order chi connectivity index (χ1) is 14.0. The average molecular weight is 395 g/mol. The molecule has 0 N–H and O–H groups in total. The molecule has 1 atom stereocenters. The molecule has 8 heteroatoms. The van der Waals surface area contributed by atoms with Crippen LogP contribution in [0.1, 0.15) is 33.4 Å². The fraction of sp³-hybridized carbons (Fsp3) is 0.381. The third kappa shape index (κ3) is 3.51. The van der Waals surface area contributed by atoms with E-state index in [2.05, 4.69) is 5.10 Å². The molecule has 3 heterocycles. The summed E-state index contributed by atoms with van der Waals surface area (Å²) in [4.78, 5) is 15.0. The minimum atomic E-state index is -0.198. The van der Waals surface area contributed by atoms with E-state index < -0.39 is 0 Å². The predicted molar refractivity (Wildman–Crippen MR) is 107 cm³/mol. The lowest BCUT2D eigenvalue weighted by Gasteiger charge is -2.35. The molecule has 2 aromatic heterocycles. The average Bonchev–Trinajstić information content (AvgIpc) is 3.30. The number of carbonyl (C=O) groups is 1. The van der Waals surface area contributed by atoms with Crippen LogP contribution in [-0.2, 0) is 11.8 Å². The number of aryl methyl sites for hydroxylation is 2. The Morgan fingerprint density at radius 2 is 2.14 bits per heavy atom. The van der Waals surface area contributed by atoms with Gasteiger partial charge in [0.05, 0.1) is 49.5 Å². The van der Waals surface area contributed by atoms with Crippen molar-refractivity contribution in [3.05, 3.63) is 59.2 Å². The maximum atomic E-state index is 13.2. The molecule has 152 valence electrons. The topological polar surface area (TPSA) is 74.4 Å². The number of ether oxygens (including phenoxy) is 2. The van der Waals surface area contributed by atoms with Gasteiger partial charge in [0.25, 0.3) is 5.91 Å². The van der Waals surface area contributed by atoms with Crippen LogP contribution < -0.4 is 4.74 Å². The van der Waals surface area contributed by atoms with Crippen LogP contribution in [0.25, 0.3) is 5.69 Å². The quantitative estimate of drug-likeness (QED) is 0.678. The molecule has 1 amide bonds. The van der Waals surface area contributed by atoms with Gasteiger partial charge in [-0.05, 0) is 26.0 Å². The van der Waals surface area contributed by atoms with E-state index >= 15 is 0 Å². The minimum Gasteiger partial charge on any atom is -0.497 e. The van der Waals surface area contributed by atoms with Gasteiger partial charge in [0.1, 0.15) is 5.75 Å². The van der Waals surface area contributed by atoms with Gasteiger partial charge in [0.2, 0.25) is 0 Å². The van der Waals surface area contributed by atoms with Crippen molar-refractivity contribution in [1.82, 2.24) is 24.5 Å². The molecule has 0 unspecified atom stereocenters. The number of benzene rings is 1. The number of aromatic nitrogens is 4. The second-order valence-electron chi connectivity index (χ2n) is 7.19. The van der Waals surface area contributed by atoms with Crippen LogP contribution >= 0.6 is 0 Å². The molecule has 1 aromatic carbocycles. The largest absolute Gasteiger partial charge is 0.497 e. The van der Waals surface area contributed by atoms with Crippen molar-refractivity contribution in [2.75, 3.05) is 26.9 Å². The van der Waals surface area contributed by atoms with Gasteiger partial charge in [-0.15, -0.1) is 0 Å². The monoisotopic (exact) mass is 395 g/mol. The molecule has 8 nitrogen and oxygen atoms in total. The van der Waals surface area contributed by atoms with E-state index in [-0.39, 0.29) is 11.9 Å². The van der Waals surface area contributed by atoms with Crippen molar-refractivity contribution in [1.29, 1.82) is 0 Å². The van der Waals surface area contributed by atoms with Crippen molar-refractivity contribution in [2.45, 2.75) is 19.9 Å². The molecule has 0 spiro atoms. The van der Waals surface area contributed by atoms with E-state index in [4.69, 9.17) is 14.6 Å². The number of hydrogen-bond acceptors (Lipinski definition) is 5. The molecule has 1 aliphatic heterocycles. The molecule has 0 bridgehead atoms. The molecule has 0 radical (unpaired) electrons. The maximum Gasteiger partial charge on any atom is 0.257 e. The zero-order chi connectivity index (χ0) is 20.5. The lowest BCUT2D eigenvalue weighted by Crippen LogP contribution is -2.43. The van der Waals surface area contributed by atoms with Gasteiger partial charge in [-0.1, -0.05) is 6.07 Å². The maximum absolute atomic E-state index is 13.2. The summed E-state index contributed by atoms with van der Waals surface area (Å²) in [7, 11) is 3.45. The molecular formula is C21H25N5O3. The number of carbonyl (C=O) groups excluding carboxylic acids is 1. The fourth-order valence-corrected chi connectivity index (χ4v) is 3.91. The molecule has 1 fully saturated rings. The van der Waals surface area contributed by atoms with Crippen LogP contribution in [0, 0.1) is 13.8 Å². The van der Waals surface area contributed by atoms with Crippen LogP contribution in [0.2, 0.25) is 0 Å². The highest BCUT2D eigenvalue weighted by molar-refractivity contribution is 5.94. The van der Waals surface area contributed by atoms with E-state index in [0.29, 0.717) is 25.3 Å². The Hall–Kier alpha value is -3.13. The van der Waals surface area contributed by atoms with Crippen LogP contribution in [0.4, 0.5) is 0 Å². The first kappa shape index (κ1) is 19.2. The van der Waals surface area contributed by atoms with Crippen LogP contribution in [0.3, 0.4) is 0 Å². The van der Waals surface area contributed by atoms with E-state index in [0.717, 1.165) is 28.4 Å². The molecule has 1 saturated heterocycles. The van der Waals surface area contributed by atoms with Gasteiger partial charge in [0.15, 0.2) is 0 Å². The SMILES string of the molecule is COc1cccc(-n2nc(C)c([C@H]3COCCN3C(=O)c3cnn(C)c3)c2C)c1. The highest BCUT2D eigenvalue weighted by atomic mass is 16.5. The Morgan fingerprint density at radius 3 is 2.86 bits per heavy atom. The second kappa shape index (κ2) is 7.71. The van der Waals surface area contributed by atoms with Crippen molar-refractivity contribution in [3.63, 3.8) is 0 Å². The highest BCUT2D eigenvalue weighted by Gasteiger charge is 2.33. The molecule has 0 aliphatic carbocycles. The summed E-state index contributed by atoms with van der Waals surface area (Å²) in [6.45, 7) is 5.49. The van der Waals surface area contributed by atoms with Crippen molar-refractivity contribution >= 4 is 5.91 Å². The Balaban J connectivity index is 1.72. The van der Waals surface area contributed by atoms with E-state index in [1.54, 1.807) is 31.2 Å². The van der Waals surface area contributed by atoms with Crippen LogP contribution in [0.15, 0.2) is 36.7 Å². The summed E-state index contributed by atoms with van der Waals surface area (Å²) in [5, 5.41) is 8.89. The number of amides is 1. The van der Waals surface area contributed by atoms with Gasteiger partial charge >= 0.3 is 0 Å². The minimum absolute atomic E-state index is 0.0423. The van der Waals surface area contributed by atoms with E-state index in [9.17, 15) is 4.79 Å². The molecule has 29 heavy (non-hydrogen) atoms. The first-order valence-electron chi connectivity index (χ1n) is 9.57. The smallest absolute Gasteiger partial charge is 0.257 e. The van der Waals surface area contributed by atoms with Gasteiger partial charge < -0.3 is 14.4 Å². The van der Waals surface area contributed by atoms with Crippen LogP contribution in [-0.4, -0.2) is 57.2 Å². The Kier molecular flexibility index (Phi) is 5.10. The second-order valence-corrected chi connectivity index (χ2v) is 7.19. The first-order valence-corrected chi connectivity index (χ1v) is 9.57. The molecule has 4 rings (SSSR count). The van der Waals surface area contributed by atoms with Gasteiger partial charge in [-0.2, -0.15) is 10.2 Å².